The first-order chi connectivity index (χ1) is 16.9. The highest BCUT2D eigenvalue weighted by atomic mass is 35.5. The molecule has 0 radical (unpaired) electrons. The van der Waals surface area contributed by atoms with Crippen molar-refractivity contribution in [2.45, 2.75) is 25.6 Å². The van der Waals surface area contributed by atoms with Gasteiger partial charge in [0.05, 0.1) is 19.9 Å². The summed E-state index contributed by atoms with van der Waals surface area (Å²) in [7, 11) is 1.57. The van der Waals surface area contributed by atoms with E-state index >= 15 is 0 Å². The van der Waals surface area contributed by atoms with Crippen LogP contribution < -0.4 is 15.0 Å². The third kappa shape index (κ3) is 4.17. The fourth-order valence-corrected chi connectivity index (χ4v) is 4.36. The van der Waals surface area contributed by atoms with Crippen molar-refractivity contribution in [1.82, 2.24) is 15.1 Å². The minimum atomic E-state index is -1.25. The average Bonchev–Trinajstić information content (AvgIpc) is 3.54. The number of anilines is 1. The number of furan rings is 1. The second-order valence-corrected chi connectivity index (χ2v) is 8.91. The van der Waals surface area contributed by atoms with E-state index in [9.17, 15) is 9.59 Å². The maximum atomic E-state index is 13.8. The van der Waals surface area contributed by atoms with Crippen LogP contribution in [0.3, 0.4) is 0 Å². The minimum absolute atomic E-state index is 0.160. The number of fused-ring (bicyclic) bond motifs is 1. The van der Waals surface area contributed by atoms with E-state index in [2.05, 4.69) is 10.4 Å². The molecule has 5 rings (SSSR count). The van der Waals surface area contributed by atoms with Crippen LogP contribution in [0.4, 0.5) is 5.69 Å². The Morgan fingerprint density at radius 1 is 1.17 bits per heavy atom. The van der Waals surface area contributed by atoms with Gasteiger partial charge in [-0.05, 0) is 61.0 Å². The van der Waals surface area contributed by atoms with Crippen molar-refractivity contribution in [3.8, 4) is 17.2 Å². The van der Waals surface area contributed by atoms with Gasteiger partial charge in [0.1, 0.15) is 22.7 Å². The van der Waals surface area contributed by atoms with E-state index in [4.69, 9.17) is 20.8 Å². The predicted molar refractivity (Wildman–Crippen MR) is 131 cm³/mol. The Morgan fingerprint density at radius 3 is 2.57 bits per heavy atom. The van der Waals surface area contributed by atoms with Crippen molar-refractivity contribution < 1.29 is 18.7 Å². The summed E-state index contributed by atoms with van der Waals surface area (Å²) in [5, 5.41) is 8.16. The number of hydrogen-bond donors (Lipinski definition) is 1. The number of hydrogen-bond acceptors (Lipinski definition) is 5. The SMILES string of the molecule is COc1ccc(N2C(=O)c3cc(-c4ccco4)nn3C[C@@]2(C)C(=O)NCc2ccc(Cl)cc2)cc1. The number of nitrogens with one attached hydrogen (secondary N) is 1. The summed E-state index contributed by atoms with van der Waals surface area (Å²) in [6.45, 7) is 2.19. The van der Waals surface area contributed by atoms with Crippen molar-refractivity contribution in [3.63, 3.8) is 0 Å². The second kappa shape index (κ2) is 8.96. The number of ether oxygens (including phenoxy) is 1. The van der Waals surface area contributed by atoms with Gasteiger partial charge in [0, 0.05) is 23.3 Å². The summed E-state index contributed by atoms with van der Waals surface area (Å²) >= 11 is 5.97. The van der Waals surface area contributed by atoms with Crippen molar-refractivity contribution >= 4 is 29.1 Å². The number of halogens is 1. The zero-order valence-corrected chi connectivity index (χ0v) is 20.0. The molecular weight excluding hydrogens is 468 g/mol. The number of amides is 2. The molecule has 4 aromatic rings. The molecule has 0 spiro atoms. The molecule has 0 bridgehead atoms. The molecule has 1 aliphatic rings. The van der Waals surface area contributed by atoms with Crippen LogP contribution in [-0.4, -0.2) is 34.2 Å². The van der Waals surface area contributed by atoms with Gasteiger partial charge < -0.3 is 14.5 Å². The van der Waals surface area contributed by atoms with Gasteiger partial charge >= 0.3 is 0 Å². The van der Waals surface area contributed by atoms with Crippen LogP contribution in [0.25, 0.3) is 11.5 Å². The average molecular weight is 491 g/mol. The van der Waals surface area contributed by atoms with Crippen LogP contribution in [0.1, 0.15) is 23.0 Å². The minimum Gasteiger partial charge on any atom is -0.497 e. The first-order valence-electron chi connectivity index (χ1n) is 11.0. The predicted octanol–water partition coefficient (Wildman–Crippen LogP) is 4.54. The summed E-state index contributed by atoms with van der Waals surface area (Å²) in [5.74, 6) is 0.551. The summed E-state index contributed by atoms with van der Waals surface area (Å²) in [5.41, 5.74) is 1.11. The first kappa shape index (κ1) is 22.7. The first-order valence-corrected chi connectivity index (χ1v) is 11.4. The molecule has 1 N–H and O–H groups in total. The fraction of sp³-hybridized carbons (Fsp3) is 0.192. The number of benzene rings is 2. The van der Waals surface area contributed by atoms with E-state index in [1.165, 1.54) is 4.90 Å². The molecular formula is C26H23ClN4O4. The van der Waals surface area contributed by atoms with E-state index < -0.39 is 5.54 Å². The van der Waals surface area contributed by atoms with Crippen LogP contribution >= 0.6 is 11.6 Å². The molecule has 0 unspecified atom stereocenters. The molecule has 2 aromatic carbocycles. The second-order valence-electron chi connectivity index (χ2n) is 8.47. The molecule has 35 heavy (non-hydrogen) atoms. The molecule has 3 heterocycles. The monoisotopic (exact) mass is 490 g/mol. The smallest absolute Gasteiger partial charge is 0.277 e. The van der Waals surface area contributed by atoms with E-state index in [0.717, 1.165) is 5.56 Å². The number of rotatable bonds is 6. The van der Waals surface area contributed by atoms with Crippen molar-refractivity contribution in [2.75, 3.05) is 12.0 Å². The van der Waals surface area contributed by atoms with Gasteiger partial charge in [-0.1, -0.05) is 23.7 Å². The Labute approximate surface area is 207 Å². The standard InChI is InChI=1S/C26H23ClN4O4/c1-26(25(33)28-15-17-5-7-18(27)8-6-17)16-30-22(14-21(29-30)23-4-3-13-35-23)24(32)31(26)19-9-11-20(34-2)12-10-19/h3-14H,15-16H2,1-2H3,(H,28,33)/t26-/m0/s1. The summed E-state index contributed by atoms with van der Waals surface area (Å²) in [6.07, 6.45) is 1.55. The van der Waals surface area contributed by atoms with Crippen molar-refractivity contribution in [2.24, 2.45) is 0 Å². The van der Waals surface area contributed by atoms with Crippen LogP contribution in [0.5, 0.6) is 5.75 Å². The lowest BCUT2D eigenvalue weighted by Crippen LogP contribution is -2.64. The largest absolute Gasteiger partial charge is 0.497 e. The molecule has 0 saturated heterocycles. The topological polar surface area (TPSA) is 89.6 Å². The highest BCUT2D eigenvalue weighted by Gasteiger charge is 2.49. The molecule has 2 aromatic heterocycles. The van der Waals surface area contributed by atoms with Gasteiger partial charge in [0.2, 0.25) is 5.91 Å². The third-order valence-corrected chi connectivity index (χ3v) is 6.37. The van der Waals surface area contributed by atoms with Gasteiger partial charge in [-0.2, -0.15) is 5.10 Å². The molecule has 0 fully saturated rings. The zero-order chi connectivity index (χ0) is 24.6. The number of nitrogens with zero attached hydrogens (tertiary/aromatic N) is 3. The van der Waals surface area contributed by atoms with E-state index in [1.54, 1.807) is 79.6 Å². The number of carbonyl (C=O) groups excluding carboxylic acids is 2. The Balaban J connectivity index is 1.52. The lowest BCUT2D eigenvalue weighted by Gasteiger charge is -2.43. The molecule has 2 amide bonds. The summed E-state index contributed by atoms with van der Waals surface area (Å²) in [4.78, 5) is 29.0. The third-order valence-electron chi connectivity index (χ3n) is 6.11. The highest BCUT2D eigenvalue weighted by molar-refractivity contribution is 6.30. The highest BCUT2D eigenvalue weighted by Crippen LogP contribution is 2.35. The van der Waals surface area contributed by atoms with Gasteiger partial charge in [-0.3, -0.25) is 19.2 Å². The van der Waals surface area contributed by atoms with Crippen LogP contribution in [-0.2, 0) is 17.9 Å². The van der Waals surface area contributed by atoms with Crippen LogP contribution in [0.2, 0.25) is 5.02 Å². The number of methoxy groups -OCH3 is 1. The summed E-state index contributed by atoms with van der Waals surface area (Å²) < 4.78 is 12.3. The summed E-state index contributed by atoms with van der Waals surface area (Å²) in [6, 6.07) is 19.5. The Morgan fingerprint density at radius 2 is 1.91 bits per heavy atom. The molecule has 1 aliphatic heterocycles. The zero-order valence-electron chi connectivity index (χ0n) is 19.2. The van der Waals surface area contributed by atoms with Gasteiger partial charge in [0.15, 0.2) is 5.76 Å². The Hall–Kier alpha value is -4.04. The van der Waals surface area contributed by atoms with E-state index in [-0.39, 0.29) is 18.4 Å². The Kier molecular flexibility index (Phi) is 5.82. The van der Waals surface area contributed by atoms with Crippen LogP contribution in [0.15, 0.2) is 77.4 Å². The quantitative estimate of drug-likeness (QED) is 0.428. The van der Waals surface area contributed by atoms with Crippen molar-refractivity contribution in [3.05, 3.63) is 89.3 Å². The number of carbonyl (C=O) groups is 2. The van der Waals surface area contributed by atoms with Gasteiger partial charge in [0.25, 0.3) is 5.91 Å². The van der Waals surface area contributed by atoms with Crippen LogP contribution in [0, 0.1) is 0 Å². The fourth-order valence-electron chi connectivity index (χ4n) is 4.24. The number of aromatic nitrogens is 2. The molecule has 9 heteroatoms. The normalized spacial score (nSPS) is 17.2. The van der Waals surface area contributed by atoms with E-state index in [0.29, 0.717) is 40.2 Å². The molecule has 1 atom stereocenters. The Bertz CT molecular complexity index is 1360. The van der Waals surface area contributed by atoms with E-state index in [1.807, 2.05) is 12.1 Å². The molecule has 178 valence electrons. The maximum absolute atomic E-state index is 13.8. The molecule has 0 saturated carbocycles. The lowest BCUT2D eigenvalue weighted by molar-refractivity contribution is -0.126. The lowest BCUT2D eigenvalue weighted by atomic mass is 9.93. The van der Waals surface area contributed by atoms with Gasteiger partial charge in [-0.15, -0.1) is 0 Å². The molecule has 8 nitrogen and oxygen atoms in total. The molecule has 0 aliphatic carbocycles. The van der Waals surface area contributed by atoms with Gasteiger partial charge in [-0.25, -0.2) is 0 Å². The van der Waals surface area contributed by atoms with Crippen molar-refractivity contribution in [1.29, 1.82) is 0 Å². The maximum Gasteiger partial charge on any atom is 0.277 e.